The van der Waals surface area contributed by atoms with Gasteiger partial charge in [0.05, 0.1) is 18.1 Å². The van der Waals surface area contributed by atoms with Gasteiger partial charge in [0, 0.05) is 42.7 Å². The second-order valence-corrected chi connectivity index (χ2v) is 9.33. The van der Waals surface area contributed by atoms with Gasteiger partial charge in [0.15, 0.2) is 5.82 Å². The van der Waals surface area contributed by atoms with Crippen LogP contribution in [0.4, 0.5) is 14.6 Å². The Bertz CT molecular complexity index is 1290. The topological polar surface area (TPSA) is 97.5 Å². The van der Waals surface area contributed by atoms with Crippen LogP contribution in [-0.2, 0) is 0 Å². The molecular weight excluding hydrogens is 466 g/mol. The Balaban J connectivity index is 1.59. The highest BCUT2D eigenvalue weighted by Gasteiger charge is 2.27. The zero-order valence-corrected chi connectivity index (χ0v) is 20.0. The number of fused-ring (bicyclic) bond motifs is 1. The molecule has 188 valence electrons. The van der Waals surface area contributed by atoms with E-state index in [4.69, 9.17) is 10.00 Å². The summed E-state index contributed by atoms with van der Waals surface area (Å²) in [6.07, 6.45) is 2.41. The van der Waals surface area contributed by atoms with Gasteiger partial charge in [-0.25, -0.2) is 8.78 Å². The number of aromatic nitrogens is 2. The molecule has 8 nitrogen and oxygen atoms in total. The van der Waals surface area contributed by atoms with Crippen LogP contribution in [0.2, 0.25) is 0 Å². The monoisotopic (exact) mass is 494 g/mol. The first-order valence-corrected chi connectivity index (χ1v) is 12.1. The highest BCUT2D eigenvalue weighted by Crippen LogP contribution is 2.38. The second kappa shape index (κ2) is 10.2. The zero-order valence-electron chi connectivity index (χ0n) is 20.0. The Morgan fingerprint density at radius 3 is 2.83 bits per heavy atom. The second-order valence-electron chi connectivity index (χ2n) is 9.33. The van der Waals surface area contributed by atoms with E-state index < -0.39 is 11.6 Å². The molecule has 0 aliphatic carbocycles. The first-order valence-electron chi connectivity index (χ1n) is 12.1. The molecule has 5 rings (SSSR count). The molecule has 2 aliphatic heterocycles. The third-order valence-electron chi connectivity index (χ3n) is 7.00. The molecule has 2 fully saturated rings. The van der Waals surface area contributed by atoms with E-state index in [1.165, 1.54) is 24.3 Å². The average Bonchev–Trinajstić information content (AvgIpc) is 3.28. The van der Waals surface area contributed by atoms with Gasteiger partial charge >= 0.3 is 6.01 Å². The highest BCUT2D eigenvalue weighted by atomic mass is 19.1. The van der Waals surface area contributed by atoms with E-state index in [0.29, 0.717) is 43.9 Å². The van der Waals surface area contributed by atoms with Gasteiger partial charge in [-0.3, -0.25) is 0 Å². The van der Waals surface area contributed by atoms with Crippen molar-refractivity contribution >= 4 is 16.7 Å². The quantitative estimate of drug-likeness (QED) is 0.538. The lowest BCUT2D eigenvalue weighted by Gasteiger charge is -2.34. The molecule has 2 unspecified atom stereocenters. The van der Waals surface area contributed by atoms with Crippen molar-refractivity contribution in [2.24, 2.45) is 0 Å². The Labute approximate surface area is 208 Å². The number of benzene rings is 2. The molecule has 2 aromatic carbocycles. The standard InChI is InChI=1S/C26H28F2N6O2/c1-33-12-3-4-17(33)15-36-26-31-24-19(25(32-26)34-13-11-30-16(14-34)9-10-29)8-7-18(23(24)28)22-20(27)5-2-6-21(22)35/h2,5-8,16-17,30,35H,3-4,9,11-15H2,1H3. The lowest BCUT2D eigenvalue weighted by molar-refractivity contribution is 0.188. The summed E-state index contributed by atoms with van der Waals surface area (Å²) < 4.78 is 36.5. The van der Waals surface area contributed by atoms with Gasteiger partial charge in [-0.15, -0.1) is 0 Å². The first-order chi connectivity index (χ1) is 17.5. The number of hydrogen-bond acceptors (Lipinski definition) is 8. The number of ether oxygens (including phenoxy) is 1. The molecular formula is C26H28F2N6O2. The average molecular weight is 495 g/mol. The Hall–Kier alpha value is -3.55. The number of anilines is 1. The van der Waals surface area contributed by atoms with Crippen molar-refractivity contribution in [1.29, 1.82) is 5.26 Å². The van der Waals surface area contributed by atoms with Gasteiger partial charge in [-0.1, -0.05) is 12.1 Å². The van der Waals surface area contributed by atoms with Crippen LogP contribution in [0, 0.1) is 23.0 Å². The van der Waals surface area contributed by atoms with Crippen molar-refractivity contribution in [3.8, 4) is 29.0 Å². The van der Waals surface area contributed by atoms with Gasteiger partial charge in [0.2, 0.25) is 0 Å². The van der Waals surface area contributed by atoms with Crippen LogP contribution in [-0.4, -0.2) is 71.9 Å². The number of halogens is 2. The normalized spacial score (nSPS) is 20.6. The van der Waals surface area contributed by atoms with E-state index in [9.17, 15) is 9.50 Å². The van der Waals surface area contributed by atoms with Crippen molar-refractivity contribution in [3.63, 3.8) is 0 Å². The van der Waals surface area contributed by atoms with Gasteiger partial charge in [-0.05, 0) is 44.6 Å². The third kappa shape index (κ3) is 4.64. The van der Waals surface area contributed by atoms with Crippen LogP contribution in [0.1, 0.15) is 19.3 Å². The number of nitriles is 1. The minimum absolute atomic E-state index is 0.00899. The van der Waals surface area contributed by atoms with Gasteiger partial charge < -0.3 is 25.0 Å². The van der Waals surface area contributed by atoms with Crippen molar-refractivity contribution in [1.82, 2.24) is 20.2 Å². The molecule has 2 saturated heterocycles. The summed E-state index contributed by atoms with van der Waals surface area (Å²) in [7, 11) is 2.04. The maximum absolute atomic E-state index is 15.9. The predicted molar refractivity (Wildman–Crippen MR) is 132 cm³/mol. The largest absolute Gasteiger partial charge is 0.507 e. The molecule has 2 N–H and O–H groups in total. The van der Waals surface area contributed by atoms with Crippen LogP contribution in [0.15, 0.2) is 30.3 Å². The molecule has 2 aliphatic rings. The molecule has 3 heterocycles. The smallest absolute Gasteiger partial charge is 0.319 e. The van der Waals surface area contributed by atoms with E-state index >= 15 is 4.39 Å². The predicted octanol–water partition coefficient (Wildman–Crippen LogP) is 3.45. The number of piperazine rings is 1. The molecule has 1 aromatic heterocycles. The van der Waals surface area contributed by atoms with Crippen molar-refractivity contribution in [3.05, 3.63) is 42.0 Å². The molecule has 0 spiro atoms. The number of nitrogens with one attached hydrogen (secondary N) is 1. The lowest BCUT2D eigenvalue weighted by atomic mass is 10.0. The molecule has 10 heteroatoms. The molecule has 0 radical (unpaired) electrons. The molecule has 0 bridgehead atoms. The van der Waals surface area contributed by atoms with E-state index in [2.05, 4.69) is 26.3 Å². The van der Waals surface area contributed by atoms with Crippen molar-refractivity contribution < 1.29 is 18.6 Å². The number of nitrogens with zero attached hydrogens (tertiary/aromatic N) is 5. The Morgan fingerprint density at radius 2 is 2.08 bits per heavy atom. The number of likely N-dealkylation sites (tertiary alicyclic amines) is 1. The fourth-order valence-electron chi connectivity index (χ4n) is 5.03. The summed E-state index contributed by atoms with van der Waals surface area (Å²) in [5.41, 5.74) is -0.319. The van der Waals surface area contributed by atoms with Gasteiger partial charge in [0.1, 0.15) is 29.5 Å². The number of hydrogen-bond donors (Lipinski definition) is 2. The minimum atomic E-state index is -0.761. The molecule has 36 heavy (non-hydrogen) atoms. The molecule has 2 atom stereocenters. The number of phenols is 1. The summed E-state index contributed by atoms with van der Waals surface area (Å²) in [4.78, 5) is 13.3. The number of likely N-dealkylation sites (N-methyl/N-ethyl adjacent to an activating group) is 1. The maximum Gasteiger partial charge on any atom is 0.319 e. The molecule has 3 aromatic rings. The highest BCUT2D eigenvalue weighted by molar-refractivity contribution is 5.94. The SMILES string of the molecule is CN1CCCC1COc1nc(N2CCNC(CC#N)C2)c2ccc(-c3c(O)cccc3F)c(F)c2n1. The fraction of sp³-hybridized carbons (Fsp3) is 0.423. The number of rotatable bonds is 6. The summed E-state index contributed by atoms with van der Waals surface area (Å²) in [5.74, 6) is -1.35. The van der Waals surface area contributed by atoms with Crippen LogP contribution >= 0.6 is 0 Å². The van der Waals surface area contributed by atoms with Crippen LogP contribution in [0.3, 0.4) is 0 Å². The van der Waals surface area contributed by atoms with Crippen LogP contribution in [0.5, 0.6) is 11.8 Å². The fourth-order valence-corrected chi connectivity index (χ4v) is 5.03. The molecule has 0 saturated carbocycles. The van der Waals surface area contributed by atoms with E-state index in [0.717, 1.165) is 19.4 Å². The summed E-state index contributed by atoms with van der Waals surface area (Å²) >= 11 is 0. The van der Waals surface area contributed by atoms with E-state index in [-0.39, 0.29) is 40.5 Å². The lowest BCUT2D eigenvalue weighted by Crippen LogP contribution is -2.51. The van der Waals surface area contributed by atoms with Gasteiger partial charge in [0.25, 0.3) is 0 Å². The molecule has 0 amide bonds. The Morgan fingerprint density at radius 1 is 1.22 bits per heavy atom. The summed E-state index contributed by atoms with van der Waals surface area (Å²) in [5, 5.41) is 23.2. The van der Waals surface area contributed by atoms with Crippen molar-refractivity contribution in [2.75, 3.05) is 44.7 Å². The van der Waals surface area contributed by atoms with E-state index in [1.807, 2.05) is 11.9 Å². The van der Waals surface area contributed by atoms with Gasteiger partial charge in [-0.2, -0.15) is 15.2 Å². The number of aromatic hydroxyl groups is 1. The Kier molecular flexibility index (Phi) is 6.85. The summed E-state index contributed by atoms with van der Waals surface area (Å²) in [6.45, 7) is 3.13. The van der Waals surface area contributed by atoms with Crippen molar-refractivity contribution in [2.45, 2.75) is 31.3 Å². The maximum atomic E-state index is 15.9. The van der Waals surface area contributed by atoms with Crippen LogP contribution in [0.25, 0.3) is 22.0 Å². The van der Waals surface area contributed by atoms with Crippen LogP contribution < -0.4 is 15.0 Å². The number of phenolic OH excluding ortho intramolecular Hbond substituents is 1. The zero-order chi connectivity index (χ0) is 25.2. The van der Waals surface area contributed by atoms with E-state index in [1.54, 1.807) is 6.07 Å². The summed E-state index contributed by atoms with van der Waals surface area (Å²) in [6, 6.07) is 9.33. The minimum Gasteiger partial charge on any atom is -0.507 e. The third-order valence-corrected chi connectivity index (χ3v) is 7.00. The first kappa shape index (κ1) is 24.2.